The van der Waals surface area contributed by atoms with Gasteiger partial charge in [-0.3, -0.25) is 4.79 Å². The van der Waals surface area contributed by atoms with Crippen LogP contribution in [0.1, 0.15) is 53.7 Å². The summed E-state index contributed by atoms with van der Waals surface area (Å²) in [4.78, 5) is 16.8. The van der Waals surface area contributed by atoms with Crippen molar-refractivity contribution in [2.24, 2.45) is 11.7 Å². The Morgan fingerprint density at radius 3 is 2.62 bits per heavy atom. The van der Waals surface area contributed by atoms with Gasteiger partial charge < -0.3 is 15.6 Å². The molecule has 0 unspecified atom stereocenters. The molecular weight excluding hydrogens is 380 g/mol. The maximum atomic E-state index is 12.0. The number of amides is 1. The molecule has 1 saturated carbocycles. The monoisotopic (exact) mass is 408 g/mol. The van der Waals surface area contributed by atoms with Crippen molar-refractivity contribution in [3.05, 3.63) is 52.5 Å². The number of rotatable bonds is 6. The van der Waals surface area contributed by atoms with E-state index in [0.717, 1.165) is 34.4 Å². The molecule has 0 saturated heterocycles. The molecule has 2 heterocycles. The Kier molecular flexibility index (Phi) is 5.72. The molecule has 6 heteroatoms. The topological polar surface area (TPSA) is 72.9 Å². The van der Waals surface area contributed by atoms with Crippen LogP contribution in [0.5, 0.6) is 0 Å². The number of aromatic nitrogens is 2. The smallest absolute Gasteiger partial charge is 0.250 e. The zero-order valence-corrected chi connectivity index (χ0v) is 17.9. The number of aryl methyl sites for hydroxylation is 1. The molecule has 29 heavy (non-hydrogen) atoms. The molecule has 1 amide bonds. The lowest BCUT2D eigenvalue weighted by atomic mass is 9.89. The quantitative estimate of drug-likeness (QED) is 0.553. The van der Waals surface area contributed by atoms with Crippen molar-refractivity contribution in [1.29, 1.82) is 0 Å². The Balaban J connectivity index is 1.63. The van der Waals surface area contributed by atoms with Gasteiger partial charge in [0.1, 0.15) is 0 Å². The molecule has 1 aliphatic carbocycles. The lowest BCUT2D eigenvalue weighted by Gasteiger charge is -2.24. The van der Waals surface area contributed by atoms with E-state index in [-0.39, 0.29) is 5.91 Å². The minimum absolute atomic E-state index is 0.376. The Hall–Kier alpha value is -2.60. The number of anilines is 2. The normalized spacial score (nSPS) is 14.8. The van der Waals surface area contributed by atoms with Gasteiger partial charge in [0.25, 0.3) is 5.91 Å². The summed E-state index contributed by atoms with van der Waals surface area (Å²) < 4.78 is 2.25. The molecule has 152 valence electrons. The van der Waals surface area contributed by atoms with Gasteiger partial charge in [0, 0.05) is 23.3 Å². The maximum absolute atomic E-state index is 12.0. The molecule has 0 radical (unpaired) electrons. The van der Waals surface area contributed by atoms with Crippen molar-refractivity contribution >= 4 is 28.1 Å². The molecule has 1 aliphatic rings. The first kappa shape index (κ1) is 19.7. The van der Waals surface area contributed by atoms with Crippen LogP contribution in [-0.4, -0.2) is 15.5 Å². The van der Waals surface area contributed by atoms with Gasteiger partial charge in [-0.2, -0.15) is 0 Å². The van der Waals surface area contributed by atoms with Gasteiger partial charge in [0.15, 0.2) is 5.13 Å². The van der Waals surface area contributed by atoms with Crippen molar-refractivity contribution in [2.45, 2.75) is 52.5 Å². The number of thiazole rings is 1. The van der Waals surface area contributed by atoms with Gasteiger partial charge in [-0.1, -0.05) is 37.0 Å². The Labute approximate surface area is 176 Å². The first-order valence-corrected chi connectivity index (χ1v) is 11.2. The fourth-order valence-electron chi connectivity index (χ4n) is 4.18. The third-order valence-corrected chi connectivity index (χ3v) is 6.62. The largest absolute Gasteiger partial charge is 0.366 e. The highest BCUT2D eigenvalue weighted by atomic mass is 32.1. The highest BCUT2D eigenvalue weighted by Gasteiger charge is 2.22. The SMILES string of the molecule is Cc1ccc(Nc2nc(-c3cc(C(N)=O)c(C)n3CC3CCCCC3)cs2)cc1. The van der Waals surface area contributed by atoms with E-state index in [0.29, 0.717) is 11.5 Å². The number of nitrogens with one attached hydrogen (secondary N) is 1. The molecule has 2 aromatic heterocycles. The summed E-state index contributed by atoms with van der Waals surface area (Å²) >= 11 is 1.57. The van der Waals surface area contributed by atoms with Crippen LogP contribution >= 0.6 is 11.3 Å². The second-order valence-corrected chi connectivity index (χ2v) is 8.89. The number of nitrogens with two attached hydrogens (primary N) is 1. The highest BCUT2D eigenvalue weighted by Crippen LogP contribution is 2.33. The van der Waals surface area contributed by atoms with Crippen LogP contribution in [0.25, 0.3) is 11.4 Å². The molecule has 1 fully saturated rings. The van der Waals surface area contributed by atoms with E-state index in [1.165, 1.54) is 37.7 Å². The minimum Gasteiger partial charge on any atom is -0.366 e. The zero-order valence-electron chi connectivity index (χ0n) is 17.1. The summed E-state index contributed by atoms with van der Waals surface area (Å²) in [6.45, 7) is 4.99. The molecule has 0 bridgehead atoms. The van der Waals surface area contributed by atoms with E-state index in [9.17, 15) is 4.79 Å². The van der Waals surface area contributed by atoms with Gasteiger partial charge in [0.05, 0.1) is 17.0 Å². The van der Waals surface area contributed by atoms with E-state index in [4.69, 9.17) is 10.7 Å². The number of carbonyl (C=O) groups excluding carboxylic acids is 1. The summed E-state index contributed by atoms with van der Waals surface area (Å²) in [7, 11) is 0. The van der Waals surface area contributed by atoms with Gasteiger partial charge >= 0.3 is 0 Å². The summed E-state index contributed by atoms with van der Waals surface area (Å²) in [5.74, 6) is 0.275. The molecule has 3 aromatic rings. The first-order valence-electron chi connectivity index (χ1n) is 10.3. The van der Waals surface area contributed by atoms with Crippen LogP contribution in [0.15, 0.2) is 35.7 Å². The van der Waals surface area contributed by atoms with Gasteiger partial charge in [-0.15, -0.1) is 11.3 Å². The van der Waals surface area contributed by atoms with Crippen molar-refractivity contribution in [3.63, 3.8) is 0 Å². The van der Waals surface area contributed by atoms with Gasteiger partial charge in [-0.25, -0.2) is 4.98 Å². The third-order valence-electron chi connectivity index (χ3n) is 5.87. The summed E-state index contributed by atoms with van der Waals surface area (Å²) in [6, 6.07) is 10.2. The number of nitrogens with zero attached hydrogens (tertiary/aromatic N) is 2. The van der Waals surface area contributed by atoms with E-state index in [1.807, 2.05) is 18.4 Å². The van der Waals surface area contributed by atoms with Crippen molar-refractivity contribution in [2.75, 3.05) is 5.32 Å². The fraction of sp³-hybridized carbons (Fsp3) is 0.391. The van der Waals surface area contributed by atoms with Crippen molar-refractivity contribution < 1.29 is 4.79 Å². The molecule has 0 aliphatic heterocycles. The molecule has 4 rings (SSSR count). The molecule has 0 spiro atoms. The second kappa shape index (κ2) is 8.41. The van der Waals surface area contributed by atoms with Crippen LogP contribution in [-0.2, 0) is 6.54 Å². The molecule has 0 atom stereocenters. The highest BCUT2D eigenvalue weighted by molar-refractivity contribution is 7.14. The number of hydrogen-bond donors (Lipinski definition) is 2. The first-order chi connectivity index (χ1) is 14.0. The zero-order chi connectivity index (χ0) is 20.4. The van der Waals surface area contributed by atoms with Crippen molar-refractivity contribution in [3.8, 4) is 11.4 Å². The molecule has 3 N–H and O–H groups in total. The molecule has 1 aromatic carbocycles. The Morgan fingerprint density at radius 1 is 1.21 bits per heavy atom. The summed E-state index contributed by atoms with van der Waals surface area (Å²) in [5, 5.41) is 6.26. The average molecular weight is 409 g/mol. The maximum Gasteiger partial charge on any atom is 0.250 e. The van der Waals surface area contributed by atoms with E-state index < -0.39 is 0 Å². The lowest BCUT2D eigenvalue weighted by Crippen LogP contribution is -2.17. The lowest BCUT2D eigenvalue weighted by molar-refractivity contribution is 0.0999. The van der Waals surface area contributed by atoms with Crippen molar-refractivity contribution in [1.82, 2.24) is 9.55 Å². The number of carbonyl (C=O) groups is 1. The van der Waals surface area contributed by atoms with Gasteiger partial charge in [-0.05, 0) is 50.8 Å². The second-order valence-electron chi connectivity index (χ2n) is 8.04. The van der Waals surface area contributed by atoms with E-state index in [1.54, 1.807) is 11.3 Å². The predicted molar refractivity (Wildman–Crippen MR) is 120 cm³/mol. The molecular formula is C23H28N4OS. The van der Waals surface area contributed by atoms with Crippen LogP contribution in [0.3, 0.4) is 0 Å². The van der Waals surface area contributed by atoms with Crippen LogP contribution in [0.4, 0.5) is 10.8 Å². The number of primary amides is 1. The Bertz CT molecular complexity index is 997. The summed E-state index contributed by atoms with van der Waals surface area (Å²) in [6.07, 6.45) is 6.43. The number of benzene rings is 1. The van der Waals surface area contributed by atoms with Gasteiger partial charge in [0.2, 0.25) is 0 Å². The van der Waals surface area contributed by atoms with Crippen LogP contribution in [0.2, 0.25) is 0 Å². The fourth-order valence-corrected chi connectivity index (χ4v) is 4.90. The standard InChI is InChI=1S/C23H28N4OS/c1-15-8-10-18(11-9-15)25-23-26-20(14-29-23)21-12-19(22(24)28)16(2)27(21)13-17-6-4-3-5-7-17/h8-12,14,17H,3-7,13H2,1-2H3,(H2,24,28)(H,25,26). The third kappa shape index (κ3) is 4.37. The summed E-state index contributed by atoms with van der Waals surface area (Å²) in [5.41, 5.74) is 11.3. The van der Waals surface area contributed by atoms with E-state index in [2.05, 4.69) is 41.1 Å². The average Bonchev–Trinajstić information content (AvgIpc) is 3.29. The molecule has 5 nitrogen and oxygen atoms in total. The van der Waals surface area contributed by atoms with Crippen LogP contribution < -0.4 is 11.1 Å². The predicted octanol–water partition coefficient (Wildman–Crippen LogP) is 5.65. The minimum atomic E-state index is -0.376. The van der Waals surface area contributed by atoms with Crippen LogP contribution in [0, 0.1) is 19.8 Å². The van der Waals surface area contributed by atoms with E-state index >= 15 is 0 Å². The number of hydrogen-bond acceptors (Lipinski definition) is 4. The Morgan fingerprint density at radius 2 is 1.93 bits per heavy atom.